The van der Waals surface area contributed by atoms with Crippen LogP contribution in [0.5, 0.6) is 5.75 Å². The highest BCUT2D eigenvalue weighted by Crippen LogP contribution is 2.27. The van der Waals surface area contributed by atoms with Gasteiger partial charge in [-0.15, -0.1) is 0 Å². The molecular weight excluding hydrogens is 240 g/mol. The molecule has 0 N–H and O–H groups in total. The molecule has 0 atom stereocenters. The first-order valence-corrected chi connectivity index (χ1v) is 6.29. The summed E-state index contributed by atoms with van der Waals surface area (Å²) in [7, 11) is -2.00. The average molecular weight is 251 g/mol. The van der Waals surface area contributed by atoms with E-state index in [1.165, 1.54) is 7.11 Å². The van der Waals surface area contributed by atoms with Gasteiger partial charge in [-0.2, -0.15) is 8.42 Å². The summed E-state index contributed by atoms with van der Waals surface area (Å²) in [5, 5.41) is 0.415. The van der Waals surface area contributed by atoms with E-state index in [0.29, 0.717) is 16.3 Å². The zero-order valence-corrected chi connectivity index (χ0v) is 9.93. The van der Waals surface area contributed by atoms with Crippen LogP contribution in [0.25, 0.3) is 0 Å². The van der Waals surface area contributed by atoms with Crippen molar-refractivity contribution in [2.45, 2.75) is 6.61 Å². The van der Waals surface area contributed by atoms with Crippen LogP contribution in [0.4, 0.5) is 0 Å². The maximum absolute atomic E-state index is 10.8. The summed E-state index contributed by atoms with van der Waals surface area (Å²) in [6.45, 7) is -0.123. The van der Waals surface area contributed by atoms with Crippen molar-refractivity contribution in [3.8, 4) is 5.75 Å². The van der Waals surface area contributed by atoms with Crippen molar-refractivity contribution >= 4 is 21.7 Å². The Balaban J connectivity index is 2.93. The Bertz CT molecular complexity index is 441. The van der Waals surface area contributed by atoms with Crippen molar-refractivity contribution in [3.63, 3.8) is 0 Å². The SMILES string of the molecule is COc1cccc(Cl)c1COS(C)(=O)=O. The van der Waals surface area contributed by atoms with E-state index in [1.54, 1.807) is 18.2 Å². The van der Waals surface area contributed by atoms with E-state index < -0.39 is 10.1 Å². The Morgan fingerprint density at radius 3 is 2.60 bits per heavy atom. The average Bonchev–Trinajstić information content (AvgIpc) is 2.14. The summed E-state index contributed by atoms with van der Waals surface area (Å²) < 4.78 is 31.3. The fraction of sp³-hybridized carbons (Fsp3) is 0.333. The molecule has 0 aliphatic carbocycles. The van der Waals surface area contributed by atoms with Crippen LogP contribution in [0.1, 0.15) is 5.56 Å². The molecule has 0 saturated heterocycles. The van der Waals surface area contributed by atoms with Crippen LogP contribution >= 0.6 is 11.6 Å². The molecule has 0 spiro atoms. The molecule has 0 aliphatic rings. The largest absolute Gasteiger partial charge is 0.496 e. The zero-order chi connectivity index (χ0) is 11.5. The summed E-state index contributed by atoms with van der Waals surface area (Å²) in [6.07, 6.45) is 0.982. The van der Waals surface area contributed by atoms with Gasteiger partial charge in [0.15, 0.2) is 0 Å². The Morgan fingerprint density at radius 2 is 2.07 bits per heavy atom. The minimum atomic E-state index is -3.48. The summed E-state index contributed by atoms with van der Waals surface area (Å²) >= 11 is 5.88. The van der Waals surface area contributed by atoms with E-state index in [-0.39, 0.29) is 6.61 Å². The van der Waals surface area contributed by atoms with Crippen molar-refractivity contribution in [1.82, 2.24) is 0 Å². The molecule has 0 saturated carbocycles. The van der Waals surface area contributed by atoms with Crippen LogP contribution in [-0.2, 0) is 20.9 Å². The molecule has 0 fully saturated rings. The third kappa shape index (κ3) is 3.70. The monoisotopic (exact) mass is 250 g/mol. The maximum Gasteiger partial charge on any atom is 0.264 e. The minimum Gasteiger partial charge on any atom is -0.496 e. The third-order valence-electron chi connectivity index (χ3n) is 1.71. The number of benzene rings is 1. The van der Waals surface area contributed by atoms with Crippen LogP contribution in [0.15, 0.2) is 18.2 Å². The molecule has 1 aromatic rings. The van der Waals surface area contributed by atoms with Gasteiger partial charge < -0.3 is 4.74 Å². The highest BCUT2D eigenvalue weighted by atomic mass is 35.5. The second-order valence-corrected chi connectivity index (χ2v) is 4.94. The molecule has 1 rings (SSSR count). The van der Waals surface area contributed by atoms with Crippen LogP contribution in [-0.4, -0.2) is 21.8 Å². The summed E-state index contributed by atoms with van der Waals surface area (Å²) in [5.41, 5.74) is 0.520. The quantitative estimate of drug-likeness (QED) is 0.765. The number of methoxy groups -OCH3 is 1. The minimum absolute atomic E-state index is 0.123. The molecule has 0 aliphatic heterocycles. The molecular formula is C9H11ClO4S. The summed E-state index contributed by atoms with van der Waals surface area (Å²) in [6, 6.07) is 5.04. The van der Waals surface area contributed by atoms with Gasteiger partial charge >= 0.3 is 0 Å². The van der Waals surface area contributed by atoms with E-state index in [0.717, 1.165) is 6.26 Å². The Morgan fingerprint density at radius 1 is 1.40 bits per heavy atom. The highest BCUT2D eigenvalue weighted by molar-refractivity contribution is 7.85. The lowest BCUT2D eigenvalue weighted by atomic mass is 10.2. The van der Waals surface area contributed by atoms with Crippen LogP contribution < -0.4 is 4.74 Å². The van der Waals surface area contributed by atoms with E-state index in [2.05, 4.69) is 4.18 Å². The molecule has 0 aromatic heterocycles. The lowest BCUT2D eigenvalue weighted by Crippen LogP contribution is -2.04. The van der Waals surface area contributed by atoms with E-state index in [4.69, 9.17) is 16.3 Å². The summed E-state index contributed by atoms with van der Waals surface area (Å²) in [4.78, 5) is 0. The number of ether oxygens (including phenoxy) is 1. The van der Waals surface area contributed by atoms with Gasteiger partial charge in [0.1, 0.15) is 5.75 Å². The first-order valence-electron chi connectivity index (χ1n) is 4.10. The molecule has 0 amide bonds. The van der Waals surface area contributed by atoms with Gasteiger partial charge in [0.05, 0.1) is 20.0 Å². The molecule has 0 bridgehead atoms. The molecule has 6 heteroatoms. The fourth-order valence-electron chi connectivity index (χ4n) is 1.04. The number of rotatable bonds is 4. The second kappa shape index (κ2) is 4.83. The molecule has 0 radical (unpaired) electrons. The first-order chi connectivity index (χ1) is 6.94. The smallest absolute Gasteiger partial charge is 0.264 e. The molecule has 4 nitrogen and oxygen atoms in total. The molecule has 1 aromatic carbocycles. The predicted octanol–water partition coefficient (Wildman–Crippen LogP) is 1.82. The van der Waals surface area contributed by atoms with Gasteiger partial charge in [-0.1, -0.05) is 17.7 Å². The van der Waals surface area contributed by atoms with Gasteiger partial charge in [-0.25, -0.2) is 0 Å². The zero-order valence-electron chi connectivity index (χ0n) is 8.36. The Kier molecular flexibility index (Phi) is 3.96. The lowest BCUT2D eigenvalue weighted by Gasteiger charge is -2.09. The van der Waals surface area contributed by atoms with Gasteiger partial charge in [-0.3, -0.25) is 4.18 Å². The van der Waals surface area contributed by atoms with Gasteiger partial charge in [0.25, 0.3) is 10.1 Å². The number of hydrogen-bond donors (Lipinski definition) is 0. The van der Waals surface area contributed by atoms with Crippen molar-refractivity contribution in [2.24, 2.45) is 0 Å². The van der Waals surface area contributed by atoms with E-state index in [1.807, 2.05) is 0 Å². The normalized spacial score (nSPS) is 11.4. The third-order valence-corrected chi connectivity index (χ3v) is 2.61. The van der Waals surface area contributed by atoms with E-state index in [9.17, 15) is 8.42 Å². The van der Waals surface area contributed by atoms with Gasteiger partial charge in [-0.05, 0) is 12.1 Å². The molecule has 0 unspecified atom stereocenters. The summed E-state index contributed by atoms with van der Waals surface area (Å²) in [5.74, 6) is 0.506. The van der Waals surface area contributed by atoms with Gasteiger partial charge in [0.2, 0.25) is 0 Å². The Hall–Kier alpha value is -0.780. The van der Waals surface area contributed by atoms with Crippen LogP contribution in [0.3, 0.4) is 0 Å². The van der Waals surface area contributed by atoms with Crippen molar-refractivity contribution < 1.29 is 17.3 Å². The first kappa shape index (κ1) is 12.3. The topological polar surface area (TPSA) is 52.6 Å². The standard InChI is InChI=1S/C9H11ClO4S/c1-13-9-5-3-4-8(10)7(9)6-14-15(2,11)12/h3-5H,6H2,1-2H3. The van der Waals surface area contributed by atoms with Crippen LogP contribution in [0, 0.1) is 0 Å². The number of halogens is 1. The molecule has 0 heterocycles. The lowest BCUT2D eigenvalue weighted by molar-refractivity contribution is 0.302. The van der Waals surface area contributed by atoms with Crippen molar-refractivity contribution in [3.05, 3.63) is 28.8 Å². The van der Waals surface area contributed by atoms with Gasteiger partial charge in [0, 0.05) is 10.6 Å². The second-order valence-electron chi connectivity index (χ2n) is 2.89. The predicted molar refractivity (Wildman–Crippen MR) is 57.6 cm³/mol. The van der Waals surface area contributed by atoms with E-state index >= 15 is 0 Å². The Labute approximate surface area is 93.9 Å². The maximum atomic E-state index is 10.8. The van der Waals surface area contributed by atoms with Crippen molar-refractivity contribution in [1.29, 1.82) is 0 Å². The molecule has 15 heavy (non-hydrogen) atoms. The number of hydrogen-bond acceptors (Lipinski definition) is 4. The van der Waals surface area contributed by atoms with Crippen molar-refractivity contribution in [2.75, 3.05) is 13.4 Å². The van der Waals surface area contributed by atoms with Crippen LogP contribution in [0.2, 0.25) is 5.02 Å². The highest BCUT2D eigenvalue weighted by Gasteiger charge is 2.10. The fourth-order valence-corrected chi connectivity index (χ4v) is 1.59. The molecule has 84 valence electrons.